The highest BCUT2D eigenvalue weighted by Crippen LogP contribution is 2.30. The molecule has 210 valence electrons. The Balaban J connectivity index is 1.32. The third kappa shape index (κ3) is 6.70. The second kappa shape index (κ2) is 12.6. The third-order valence-electron chi connectivity index (χ3n) is 7.71. The van der Waals surface area contributed by atoms with Crippen LogP contribution in [0.4, 0.5) is 11.4 Å². The molecule has 0 bridgehead atoms. The van der Waals surface area contributed by atoms with E-state index in [4.69, 9.17) is 11.0 Å². The number of hydrogen-bond acceptors (Lipinski definition) is 7. The van der Waals surface area contributed by atoms with Crippen LogP contribution in [-0.2, 0) is 0 Å². The van der Waals surface area contributed by atoms with E-state index in [9.17, 15) is 14.4 Å². The predicted molar refractivity (Wildman–Crippen MR) is 156 cm³/mol. The number of amides is 3. The van der Waals surface area contributed by atoms with Gasteiger partial charge in [-0.05, 0) is 80.3 Å². The molecule has 0 spiro atoms. The molecule has 2 aliphatic rings. The molecule has 5 rings (SSSR count). The zero-order valence-corrected chi connectivity index (χ0v) is 22.8. The number of nitriles is 1. The van der Waals surface area contributed by atoms with Gasteiger partial charge < -0.3 is 26.2 Å². The SMILES string of the molecule is N#Cc1ccc(C(=O)N2CCN(c3ccc(C(=O)NC4CCC(N)CC4)cc3NC(=O)c3cccnc3)CC2)cc1. The fraction of sp³-hybridized carbons (Fsp3) is 0.323. The zero-order chi connectivity index (χ0) is 28.8. The maximum atomic E-state index is 13.1. The number of carbonyl (C=O) groups is 3. The molecule has 1 aromatic heterocycles. The van der Waals surface area contributed by atoms with Crippen molar-refractivity contribution in [2.24, 2.45) is 5.73 Å². The molecule has 2 fully saturated rings. The summed E-state index contributed by atoms with van der Waals surface area (Å²) < 4.78 is 0. The number of nitrogens with zero attached hydrogens (tertiary/aromatic N) is 4. The van der Waals surface area contributed by atoms with E-state index in [1.54, 1.807) is 59.6 Å². The monoisotopic (exact) mass is 551 g/mol. The Morgan fingerprint density at radius 3 is 2.24 bits per heavy atom. The largest absolute Gasteiger partial charge is 0.366 e. The zero-order valence-electron chi connectivity index (χ0n) is 22.8. The van der Waals surface area contributed by atoms with Gasteiger partial charge in [0.2, 0.25) is 0 Å². The van der Waals surface area contributed by atoms with Gasteiger partial charge >= 0.3 is 0 Å². The van der Waals surface area contributed by atoms with Crippen LogP contribution in [0.2, 0.25) is 0 Å². The second-order valence-corrected chi connectivity index (χ2v) is 10.5. The van der Waals surface area contributed by atoms with E-state index in [1.807, 2.05) is 6.07 Å². The summed E-state index contributed by atoms with van der Waals surface area (Å²) in [6.45, 7) is 2.07. The number of nitrogens with one attached hydrogen (secondary N) is 2. The molecule has 1 saturated carbocycles. The van der Waals surface area contributed by atoms with Gasteiger partial charge in [-0.15, -0.1) is 0 Å². The molecule has 0 radical (unpaired) electrons. The maximum Gasteiger partial charge on any atom is 0.257 e. The van der Waals surface area contributed by atoms with Crippen molar-refractivity contribution in [1.82, 2.24) is 15.2 Å². The topological polar surface area (TPSA) is 144 Å². The lowest BCUT2D eigenvalue weighted by molar-refractivity contribution is 0.0746. The smallest absolute Gasteiger partial charge is 0.257 e. The van der Waals surface area contributed by atoms with Gasteiger partial charge in [0, 0.05) is 61.8 Å². The predicted octanol–water partition coefficient (Wildman–Crippen LogP) is 3.17. The first-order chi connectivity index (χ1) is 19.9. The highest BCUT2D eigenvalue weighted by atomic mass is 16.2. The standard InChI is InChI=1S/C31H33N7O3/c32-19-21-3-5-22(6-4-21)31(41)38-16-14-37(15-17-38)28-12-7-23(29(39)35-26-10-8-25(33)9-11-26)18-27(28)36-30(40)24-2-1-13-34-20-24/h1-7,12-13,18,20,25-26H,8-11,14-17,33H2,(H,35,39)(H,36,40). The summed E-state index contributed by atoms with van der Waals surface area (Å²) in [5.74, 6) is -0.602. The third-order valence-corrected chi connectivity index (χ3v) is 7.71. The molecular formula is C31H33N7O3. The van der Waals surface area contributed by atoms with Crippen molar-refractivity contribution in [3.05, 3.63) is 89.2 Å². The summed E-state index contributed by atoms with van der Waals surface area (Å²) in [6, 6.07) is 17.7. The second-order valence-electron chi connectivity index (χ2n) is 10.5. The van der Waals surface area contributed by atoms with Crippen LogP contribution in [0, 0.1) is 11.3 Å². The number of benzene rings is 2. The molecule has 10 nitrogen and oxygen atoms in total. The summed E-state index contributed by atoms with van der Waals surface area (Å²) in [6.07, 6.45) is 6.56. The molecule has 1 aliphatic heterocycles. The molecule has 4 N–H and O–H groups in total. The van der Waals surface area contributed by atoms with Crippen LogP contribution in [0.3, 0.4) is 0 Å². The first kappa shape index (κ1) is 27.8. The van der Waals surface area contributed by atoms with Crippen molar-refractivity contribution in [2.45, 2.75) is 37.8 Å². The normalized spacial score (nSPS) is 18.7. The molecule has 1 aliphatic carbocycles. The number of rotatable bonds is 6. The van der Waals surface area contributed by atoms with E-state index in [-0.39, 0.29) is 29.8 Å². The fourth-order valence-electron chi connectivity index (χ4n) is 5.30. The molecule has 2 aromatic carbocycles. The minimum Gasteiger partial charge on any atom is -0.366 e. The number of anilines is 2. The Bertz CT molecular complexity index is 1440. The Hall–Kier alpha value is -4.75. The van der Waals surface area contributed by atoms with Gasteiger partial charge in [-0.3, -0.25) is 19.4 Å². The van der Waals surface area contributed by atoms with Gasteiger partial charge in [0.25, 0.3) is 17.7 Å². The highest BCUT2D eigenvalue weighted by molar-refractivity contribution is 6.07. The molecular weight excluding hydrogens is 518 g/mol. The van der Waals surface area contributed by atoms with E-state index < -0.39 is 0 Å². The van der Waals surface area contributed by atoms with Crippen LogP contribution < -0.4 is 21.3 Å². The van der Waals surface area contributed by atoms with Crippen LogP contribution >= 0.6 is 0 Å². The van der Waals surface area contributed by atoms with Crippen molar-refractivity contribution in [3.8, 4) is 6.07 Å². The first-order valence-electron chi connectivity index (χ1n) is 13.9. The molecule has 3 amide bonds. The molecule has 2 heterocycles. The van der Waals surface area contributed by atoms with E-state index in [1.165, 1.54) is 6.20 Å². The van der Waals surface area contributed by atoms with Crippen molar-refractivity contribution >= 4 is 29.1 Å². The van der Waals surface area contributed by atoms with Gasteiger partial charge in [-0.25, -0.2) is 0 Å². The van der Waals surface area contributed by atoms with Gasteiger partial charge in [-0.1, -0.05) is 0 Å². The van der Waals surface area contributed by atoms with E-state index in [0.29, 0.717) is 54.1 Å². The van der Waals surface area contributed by atoms with Crippen molar-refractivity contribution < 1.29 is 14.4 Å². The summed E-state index contributed by atoms with van der Waals surface area (Å²) in [5, 5.41) is 15.1. The number of nitrogens with two attached hydrogens (primary N) is 1. The van der Waals surface area contributed by atoms with Crippen molar-refractivity contribution in [3.63, 3.8) is 0 Å². The average Bonchev–Trinajstić information content (AvgIpc) is 3.02. The Morgan fingerprint density at radius 1 is 0.878 bits per heavy atom. The van der Waals surface area contributed by atoms with E-state index in [0.717, 1.165) is 31.4 Å². The van der Waals surface area contributed by atoms with Crippen LogP contribution in [0.1, 0.15) is 62.3 Å². The van der Waals surface area contributed by atoms with E-state index in [2.05, 4.69) is 26.6 Å². The maximum absolute atomic E-state index is 13.1. The molecule has 1 saturated heterocycles. The minimum absolute atomic E-state index is 0.0807. The van der Waals surface area contributed by atoms with Gasteiger partial charge in [0.05, 0.1) is 28.6 Å². The molecule has 3 aromatic rings. The summed E-state index contributed by atoms with van der Waals surface area (Å²) in [7, 11) is 0. The highest BCUT2D eigenvalue weighted by Gasteiger charge is 2.26. The lowest BCUT2D eigenvalue weighted by atomic mass is 9.91. The number of hydrogen-bond donors (Lipinski definition) is 3. The number of piperazine rings is 1. The average molecular weight is 552 g/mol. The summed E-state index contributed by atoms with van der Waals surface area (Å²) in [4.78, 5) is 47.2. The van der Waals surface area contributed by atoms with E-state index >= 15 is 0 Å². The Morgan fingerprint density at radius 2 is 1.59 bits per heavy atom. The summed E-state index contributed by atoms with van der Waals surface area (Å²) in [5.41, 5.74) is 9.21. The van der Waals surface area contributed by atoms with Crippen molar-refractivity contribution in [2.75, 3.05) is 36.4 Å². The quantitative estimate of drug-likeness (QED) is 0.427. The Kier molecular flexibility index (Phi) is 8.56. The minimum atomic E-state index is -0.326. The number of aromatic nitrogens is 1. The lowest BCUT2D eigenvalue weighted by Gasteiger charge is -2.37. The number of carbonyl (C=O) groups excluding carboxylic acids is 3. The van der Waals surface area contributed by atoms with Gasteiger partial charge in [0.15, 0.2) is 0 Å². The van der Waals surface area contributed by atoms with Crippen LogP contribution in [0.5, 0.6) is 0 Å². The first-order valence-corrected chi connectivity index (χ1v) is 13.9. The molecule has 41 heavy (non-hydrogen) atoms. The Labute approximate surface area is 239 Å². The lowest BCUT2D eigenvalue weighted by Crippen LogP contribution is -2.49. The van der Waals surface area contributed by atoms with Gasteiger partial charge in [0.1, 0.15) is 0 Å². The van der Waals surface area contributed by atoms with Gasteiger partial charge in [-0.2, -0.15) is 5.26 Å². The molecule has 0 unspecified atom stereocenters. The summed E-state index contributed by atoms with van der Waals surface area (Å²) >= 11 is 0. The van der Waals surface area contributed by atoms with Crippen LogP contribution in [0.25, 0.3) is 0 Å². The number of pyridine rings is 1. The van der Waals surface area contributed by atoms with Crippen LogP contribution in [-0.4, -0.2) is 65.9 Å². The molecule has 0 atom stereocenters. The fourth-order valence-corrected chi connectivity index (χ4v) is 5.30. The van der Waals surface area contributed by atoms with Crippen LogP contribution in [0.15, 0.2) is 67.0 Å². The van der Waals surface area contributed by atoms with Crippen molar-refractivity contribution in [1.29, 1.82) is 5.26 Å². The molecule has 10 heteroatoms.